The molecule has 0 unspecified atom stereocenters. The fraction of sp³-hybridized carbons (Fsp3) is 0.625. The van der Waals surface area contributed by atoms with Gasteiger partial charge in [-0.05, 0) is 12.8 Å². The average molecular weight is 187 g/mol. The van der Waals surface area contributed by atoms with Gasteiger partial charge in [-0.15, -0.1) is 0 Å². The Morgan fingerprint density at radius 3 is 1.92 bits per heavy atom. The summed E-state index contributed by atoms with van der Waals surface area (Å²) in [6.45, 7) is 3.13. The number of carbonyl (C=O) groups is 2. The van der Waals surface area contributed by atoms with Crippen molar-refractivity contribution in [2.45, 2.75) is 32.3 Å². The molecule has 74 valence electrons. The van der Waals surface area contributed by atoms with Crippen LogP contribution in [0.2, 0.25) is 0 Å². The van der Waals surface area contributed by atoms with Gasteiger partial charge in [0.2, 0.25) is 5.78 Å². The summed E-state index contributed by atoms with van der Waals surface area (Å²) in [6.07, 6.45) is 0.218. The summed E-state index contributed by atoms with van der Waals surface area (Å²) in [5, 5.41) is 24.8. The van der Waals surface area contributed by atoms with E-state index in [1.165, 1.54) is 0 Å². The number of ketones is 1. The molecule has 0 heterocycles. The lowest BCUT2D eigenvalue weighted by Gasteiger charge is -2.22. The van der Waals surface area contributed by atoms with Gasteiger partial charge in [-0.1, -0.05) is 13.8 Å². The first-order valence-corrected chi connectivity index (χ1v) is 3.98. The third kappa shape index (κ3) is 2.35. The minimum absolute atomic E-state index is 0.109. The molecule has 5 nitrogen and oxygen atoms in total. The molecule has 0 aromatic carbocycles. The Hall–Kier alpha value is -1.23. The van der Waals surface area contributed by atoms with E-state index >= 15 is 0 Å². The predicted octanol–water partition coefficient (Wildman–Crippen LogP) is 0.211. The maximum absolute atomic E-state index is 11.2. The van der Waals surface area contributed by atoms with E-state index in [1.807, 2.05) is 0 Å². The Labute approximate surface area is 75.9 Å². The summed E-state index contributed by atoms with van der Waals surface area (Å²) in [7, 11) is 0. The summed E-state index contributed by atoms with van der Waals surface area (Å²) in [5.74, 6) is -2.63. The van der Waals surface area contributed by atoms with Crippen molar-refractivity contribution in [2.24, 2.45) is 0 Å². The van der Waals surface area contributed by atoms with Gasteiger partial charge in [0.1, 0.15) is 5.60 Å². The van der Waals surface area contributed by atoms with Gasteiger partial charge >= 0.3 is 5.97 Å². The van der Waals surface area contributed by atoms with Crippen molar-refractivity contribution < 1.29 is 19.8 Å². The number of Topliss-reactive ketones (excluding diaryl/α,β-unsaturated/α-hetero) is 1. The zero-order valence-corrected chi connectivity index (χ0v) is 7.63. The molecule has 0 aliphatic heterocycles. The molecule has 13 heavy (non-hydrogen) atoms. The molecule has 0 radical (unpaired) electrons. The molecule has 0 rings (SSSR count). The molecule has 0 saturated heterocycles. The van der Waals surface area contributed by atoms with Crippen LogP contribution in [0.4, 0.5) is 0 Å². The monoisotopic (exact) mass is 187 g/mol. The predicted molar refractivity (Wildman–Crippen MR) is 45.9 cm³/mol. The van der Waals surface area contributed by atoms with E-state index in [4.69, 9.17) is 10.5 Å². The molecule has 0 bridgehead atoms. The summed E-state index contributed by atoms with van der Waals surface area (Å²) in [5.41, 5.74) is -2.76. The van der Waals surface area contributed by atoms with Crippen LogP contribution in [-0.2, 0) is 9.59 Å². The van der Waals surface area contributed by atoms with Gasteiger partial charge in [-0.25, -0.2) is 4.79 Å². The van der Waals surface area contributed by atoms with E-state index in [0.717, 1.165) is 0 Å². The first-order valence-electron chi connectivity index (χ1n) is 3.98. The third-order valence-electron chi connectivity index (χ3n) is 2.03. The van der Waals surface area contributed by atoms with E-state index < -0.39 is 23.1 Å². The Morgan fingerprint density at radius 1 is 1.31 bits per heavy atom. The van der Waals surface area contributed by atoms with Crippen molar-refractivity contribution >= 4 is 17.5 Å². The molecule has 0 amide bonds. The number of nitrogens with one attached hydrogen (secondary N) is 1. The quantitative estimate of drug-likeness (QED) is 0.423. The van der Waals surface area contributed by atoms with Crippen LogP contribution in [0.25, 0.3) is 0 Å². The zero-order chi connectivity index (χ0) is 10.6. The van der Waals surface area contributed by atoms with Gasteiger partial charge in [0.25, 0.3) is 0 Å². The van der Waals surface area contributed by atoms with Crippen molar-refractivity contribution in [3.05, 3.63) is 0 Å². The molecule has 0 fully saturated rings. The molecule has 5 heteroatoms. The van der Waals surface area contributed by atoms with Crippen LogP contribution >= 0.6 is 0 Å². The number of aliphatic carboxylic acids is 1. The van der Waals surface area contributed by atoms with Crippen LogP contribution in [0, 0.1) is 5.41 Å². The van der Waals surface area contributed by atoms with Crippen LogP contribution < -0.4 is 0 Å². The number of aliphatic hydroxyl groups is 1. The SMILES string of the molecule is CCC(O)(CC)C(=O)C(=N)C(=O)O. The lowest BCUT2D eigenvalue weighted by atomic mass is 9.89. The summed E-state index contributed by atoms with van der Waals surface area (Å²) >= 11 is 0. The lowest BCUT2D eigenvalue weighted by molar-refractivity contribution is -0.135. The van der Waals surface area contributed by atoms with Crippen molar-refractivity contribution in [1.82, 2.24) is 0 Å². The fourth-order valence-corrected chi connectivity index (χ4v) is 0.901. The first-order chi connectivity index (χ1) is 5.89. The van der Waals surface area contributed by atoms with Gasteiger partial charge in [0.15, 0.2) is 5.71 Å². The maximum Gasteiger partial charge on any atom is 0.357 e. The maximum atomic E-state index is 11.2. The number of carbonyl (C=O) groups excluding carboxylic acids is 1. The van der Waals surface area contributed by atoms with Crippen molar-refractivity contribution in [2.75, 3.05) is 0 Å². The van der Waals surface area contributed by atoms with Crippen LogP contribution in [0.1, 0.15) is 26.7 Å². The van der Waals surface area contributed by atoms with E-state index in [1.54, 1.807) is 13.8 Å². The van der Waals surface area contributed by atoms with Crippen LogP contribution in [-0.4, -0.2) is 33.3 Å². The summed E-state index contributed by atoms with van der Waals surface area (Å²) in [6, 6.07) is 0. The highest BCUT2D eigenvalue weighted by molar-refractivity contribution is 6.64. The van der Waals surface area contributed by atoms with Gasteiger partial charge in [0.05, 0.1) is 0 Å². The second kappa shape index (κ2) is 4.13. The second-order valence-electron chi connectivity index (χ2n) is 2.75. The van der Waals surface area contributed by atoms with Crippen molar-refractivity contribution in [3.8, 4) is 0 Å². The van der Waals surface area contributed by atoms with Gasteiger partial charge in [-0.3, -0.25) is 10.2 Å². The molecule has 0 saturated carbocycles. The second-order valence-corrected chi connectivity index (χ2v) is 2.75. The minimum atomic E-state index is -1.70. The normalized spacial score (nSPS) is 11.0. The number of hydrogen-bond acceptors (Lipinski definition) is 4. The zero-order valence-electron chi connectivity index (χ0n) is 7.63. The number of hydrogen-bond donors (Lipinski definition) is 3. The largest absolute Gasteiger partial charge is 0.476 e. The van der Waals surface area contributed by atoms with E-state index in [-0.39, 0.29) is 12.8 Å². The molecular formula is C8H13NO4. The fourth-order valence-electron chi connectivity index (χ4n) is 0.901. The molecule has 0 aromatic rings. The molecule has 0 aliphatic carbocycles. The topological polar surface area (TPSA) is 98.5 Å². The van der Waals surface area contributed by atoms with Crippen molar-refractivity contribution in [3.63, 3.8) is 0 Å². The standard InChI is InChI=1S/C8H13NO4/c1-3-8(13,4-2)6(10)5(9)7(11)12/h9,13H,3-4H2,1-2H3,(H,11,12). The van der Waals surface area contributed by atoms with E-state index in [0.29, 0.717) is 0 Å². The van der Waals surface area contributed by atoms with E-state index in [9.17, 15) is 14.7 Å². The molecule has 0 atom stereocenters. The van der Waals surface area contributed by atoms with Gasteiger partial charge < -0.3 is 10.2 Å². The molecule has 0 aromatic heterocycles. The average Bonchev–Trinajstić information content (AvgIpc) is 2.14. The van der Waals surface area contributed by atoms with Crippen molar-refractivity contribution in [1.29, 1.82) is 5.41 Å². The Balaban J connectivity index is 4.76. The van der Waals surface area contributed by atoms with Crippen LogP contribution in [0.5, 0.6) is 0 Å². The highest BCUT2D eigenvalue weighted by Gasteiger charge is 2.36. The summed E-state index contributed by atoms with van der Waals surface area (Å²) in [4.78, 5) is 21.5. The van der Waals surface area contributed by atoms with Crippen LogP contribution in [0.3, 0.4) is 0 Å². The molecule has 3 N–H and O–H groups in total. The number of rotatable bonds is 5. The van der Waals surface area contributed by atoms with Crippen LogP contribution in [0.15, 0.2) is 0 Å². The summed E-state index contributed by atoms with van der Waals surface area (Å²) < 4.78 is 0. The Bertz CT molecular complexity index is 243. The Kier molecular flexibility index (Phi) is 3.74. The smallest absolute Gasteiger partial charge is 0.357 e. The molecular weight excluding hydrogens is 174 g/mol. The van der Waals surface area contributed by atoms with Gasteiger partial charge in [-0.2, -0.15) is 0 Å². The molecule has 0 aliphatic rings. The lowest BCUT2D eigenvalue weighted by Crippen LogP contribution is -2.44. The number of carboxylic acids is 1. The minimum Gasteiger partial charge on any atom is -0.476 e. The third-order valence-corrected chi connectivity index (χ3v) is 2.03. The van der Waals surface area contributed by atoms with Gasteiger partial charge in [0, 0.05) is 0 Å². The number of carboxylic acid groups (broad SMARTS) is 1. The molecule has 0 spiro atoms. The highest BCUT2D eigenvalue weighted by atomic mass is 16.4. The first kappa shape index (κ1) is 11.8. The Morgan fingerprint density at radius 2 is 1.69 bits per heavy atom. The van der Waals surface area contributed by atoms with E-state index in [2.05, 4.69) is 0 Å². The highest BCUT2D eigenvalue weighted by Crippen LogP contribution is 2.16.